The van der Waals surface area contributed by atoms with Crippen LogP contribution in [0.3, 0.4) is 0 Å². The molecule has 0 radical (unpaired) electrons. The SMILES string of the molecule is CCCCN(C(N)=O)S(=O)(=O)C1CCCCC1. The number of hydrogen-bond acceptors (Lipinski definition) is 3. The van der Waals surface area contributed by atoms with E-state index in [9.17, 15) is 13.2 Å². The van der Waals surface area contributed by atoms with Gasteiger partial charge in [0.15, 0.2) is 0 Å². The first-order chi connectivity index (χ1) is 8.00. The van der Waals surface area contributed by atoms with Crippen LogP contribution in [0.5, 0.6) is 0 Å². The van der Waals surface area contributed by atoms with E-state index >= 15 is 0 Å². The van der Waals surface area contributed by atoms with Crippen molar-refractivity contribution in [1.29, 1.82) is 0 Å². The zero-order valence-electron chi connectivity index (χ0n) is 10.4. The maximum atomic E-state index is 12.3. The van der Waals surface area contributed by atoms with Crippen LogP contribution in [-0.2, 0) is 10.0 Å². The molecular weight excluding hydrogens is 240 g/mol. The minimum Gasteiger partial charge on any atom is -0.351 e. The molecule has 6 heteroatoms. The summed E-state index contributed by atoms with van der Waals surface area (Å²) in [6, 6.07) is -0.843. The number of nitrogens with zero attached hydrogens (tertiary/aromatic N) is 1. The lowest BCUT2D eigenvalue weighted by Gasteiger charge is -2.28. The Kier molecular flexibility index (Phi) is 5.24. The molecule has 17 heavy (non-hydrogen) atoms. The lowest BCUT2D eigenvalue weighted by molar-refractivity contribution is 0.231. The fourth-order valence-electron chi connectivity index (χ4n) is 2.21. The number of urea groups is 1. The normalized spacial score (nSPS) is 17.9. The van der Waals surface area contributed by atoms with Crippen LogP contribution in [0, 0.1) is 0 Å². The zero-order chi connectivity index (χ0) is 12.9. The predicted octanol–water partition coefficient (Wildman–Crippen LogP) is 1.83. The first-order valence-electron chi connectivity index (χ1n) is 6.31. The van der Waals surface area contributed by atoms with Gasteiger partial charge in [-0.25, -0.2) is 17.5 Å². The minimum atomic E-state index is -3.54. The van der Waals surface area contributed by atoms with Crippen LogP contribution >= 0.6 is 0 Å². The third kappa shape index (κ3) is 3.59. The molecule has 0 saturated heterocycles. The molecule has 1 rings (SSSR count). The molecule has 2 N–H and O–H groups in total. The Labute approximate surface area is 103 Å². The maximum absolute atomic E-state index is 12.3. The van der Waals surface area contributed by atoms with E-state index < -0.39 is 21.3 Å². The third-order valence-electron chi connectivity index (χ3n) is 3.24. The van der Waals surface area contributed by atoms with Crippen molar-refractivity contribution in [3.63, 3.8) is 0 Å². The Balaban J connectivity index is 2.79. The minimum absolute atomic E-state index is 0.213. The first-order valence-corrected chi connectivity index (χ1v) is 7.81. The van der Waals surface area contributed by atoms with Gasteiger partial charge in [-0.15, -0.1) is 0 Å². The third-order valence-corrected chi connectivity index (χ3v) is 5.53. The van der Waals surface area contributed by atoms with Gasteiger partial charge in [0.05, 0.1) is 5.25 Å². The Morgan fingerprint density at radius 1 is 1.29 bits per heavy atom. The molecule has 1 saturated carbocycles. The lowest BCUT2D eigenvalue weighted by atomic mass is 10.0. The lowest BCUT2D eigenvalue weighted by Crippen LogP contribution is -2.46. The van der Waals surface area contributed by atoms with Crippen LogP contribution < -0.4 is 5.73 Å². The van der Waals surface area contributed by atoms with E-state index in [1.165, 1.54) is 0 Å². The molecule has 0 aromatic rings. The fourth-order valence-corrected chi connectivity index (χ4v) is 4.13. The summed E-state index contributed by atoms with van der Waals surface area (Å²) in [7, 11) is -3.54. The molecule has 0 aromatic carbocycles. The standard InChI is InChI=1S/C11H22N2O3S/c1-2-3-9-13(11(12)14)17(15,16)10-7-5-4-6-8-10/h10H,2-9H2,1H3,(H2,12,14). The van der Waals surface area contributed by atoms with Gasteiger partial charge in [-0.3, -0.25) is 0 Å². The Hall–Kier alpha value is -0.780. The monoisotopic (exact) mass is 262 g/mol. The number of hydrogen-bond donors (Lipinski definition) is 1. The molecule has 1 aliphatic rings. The highest BCUT2D eigenvalue weighted by Crippen LogP contribution is 2.26. The van der Waals surface area contributed by atoms with E-state index in [1.54, 1.807) is 0 Å². The second-order valence-corrected chi connectivity index (χ2v) is 6.71. The van der Waals surface area contributed by atoms with Crippen molar-refractivity contribution in [2.45, 2.75) is 57.1 Å². The van der Waals surface area contributed by atoms with Gasteiger partial charge in [0.25, 0.3) is 0 Å². The van der Waals surface area contributed by atoms with Crippen LogP contribution in [-0.4, -0.2) is 30.5 Å². The van der Waals surface area contributed by atoms with E-state index in [0.29, 0.717) is 19.3 Å². The zero-order valence-corrected chi connectivity index (χ0v) is 11.2. The molecule has 0 atom stereocenters. The molecule has 0 aromatic heterocycles. The number of sulfonamides is 1. The smallest absolute Gasteiger partial charge is 0.328 e. The number of nitrogens with two attached hydrogens (primary N) is 1. The van der Waals surface area contributed by atoms with Gasteiger partial charge in [-0.1, -0.05) is 32.6 Å². The summed E-state index contributed by atoms with van der Waals surface area (Å²) in [4.78, 5) is 11.3. The highest BCUT2D eigenvalue weighted by Gasteiger charge is 2.34. The summed E-state index contributed by atoms with van der Waals surface area (Å²) < 4.78 is 25.4. The van der Waals surface area contributed by atoms with E-state index in [0.717, 1.165) is 30.0 Å². The van der Waals surface area contributed by atoms with Crippen molar-refractivity contribution >= 4 is 16.1 Å². The van der Waals surface area contributed by atoms with E-state index in [2.05, 4.69) is 0 Å². The molecule has 5 nitrogen and oxygen atoms in total. The van der Waals surface area contributed by atoms with Gasteiger partial charge in [0.1, 0.15) is 0 Å². The topological polar surface area (TPSA) is 80.5 Å². The van der Waals surface area contributed by atoms with Gasteiger partial charge in [0, 0.05) is 6.54 Å². The largest absolute Gasteiger partial charge is 0.351 e. The van der Waals surface area contributed by atoms with E-state index in [-0.39, 0.29) is 6.54 Å². The van der Waals surface area contributed by atoms with Gasteiger partial charge >= 0.3 is 6.03 Å². The number of primary amides is 1. The van der Waals surface area contributed by atoms with Crippen molar-refractivity contribution in [3.05, 3.63) is 0 Å². The van der Waals surface area contributed by atoms with Crippen molar-refractivity contribution in [2.75, 3.05) is 6.54 Å². The predicted molar refractivity (Wildman–Crippen MR) is 67.0 cm³/mol. The van der Waals surface area contributed by atoms with Crippen LogP contribution in [0.1, 0.15) is 51.9 Å². The number of carbonyl (C=O) groups excluding carboxylic acids is 1. The van der Waals surface area contributed by atoms with Gasteiger partial charge < -0.3 is 5.73 Å². The average Bonchev–Trinajstić information content (AvgIpc) is 2.30. The molecule has 1 fully saturated rings. The summed E-state index contributed by atoms with van der Waals surface area (Å²) in [5.74, 6) is 0. The van der Waals surface area contributed by atoms with E-state index in [4.69, 9.17) is 5.73 Å². The van der Waals surface area contributed by atoms with Crippen LogP contribution in [0.2, 0.25) is 0 Å². The Morgan fingerprint density at radius 3 is 2.35 bits per heavy atom. The molecule has 0 unspecified atom stereocenters. The maximum Gasteiger partial charge on any atom is 0.328 e. The molecular formula is C11H22N2O3S. The van der Waals surface area contributed by atoms with Gasteiger partial charge in [-0.2, -0.15) is 0 Å². The second-order valence-electron chi connectivity index (χ2n) is 4.57. The highest BCUT2D eigenvalue weighted by molar-refractivity contribution is 7.90. The van der Waals surface area contributed by atoms with Crippen molar-refractivity contribution in [2.24, 2.45) is 5.73 Å². The van der Waals surface area contributed by atoms with Crippen LogP contribution in [0.25, 0.3) is 0 Å². The summed E-state index contributed by atoms with van der Waals surface area (Å²) in [6.45, 7) is 2.16. The summed E-state index contributed by atoms with van der Waals surface area (Å²) in [6.07, 6.45) is 5.72. The molecule has 0 spiro atoms. The number of carbonyl (C=O) groups is 1. The van der Waals surface area contributed by atoms with Gasteiger partial charge in [0.2, 0.25) is 10.0 Å². The van der Waals surface area contributed by atoms with Crippen LogP contribution in [0.15, 0.2) is 0 Å². The molecule has 0 heterocycles. The van der Waals surface area contributed by atoms with Crippen LogP contribution in [0.4, 0.5) is 4.79 Å². The molecule has 1 aliphatic carbocycles. The van der Waals surface area contributed by atoms with Crippen molar-refractivity contribution in [1.82, 2.24) is 4.31 Å². The molecule has 100 valence electrons. The fraction of sp³-hybridized carbons (Fsp3) is 0.909. The highest BCUT2D eigenvalue weighted by atomic mass is 32.2. The number of rotatable bonds is 5. The summed E-state index contributed by atoms with van der Waals surface area (Å²) in [5.41, 5.74) is 5.18. The summed E-state index contributed by atoms with van der Waals surface area (Å²) >= 11 is 0. The number of unbranched alkanes of at least 4 members (excludes halogenated alkanes) is 1. The van der Waals surface area contributed by atoms with Gasteiger partial charge in [-0.05, 0) is 19.3 Å². The molecule has 0 bridgehead atoms. The summed E-state index contributed by atoms with van der Waals surface area (Å²) in [5, 5.41) is -0.416. The average molecular weight is 262 g/mol. The van der Waals surface area contributed by atoms with Crippen molar-refractivity contribution < 1.29 is 13.2 Å². The quantitative estimate of drug-likeness (QED) is 0.820. The Bertz CT molecular complexity index is 348. The number of amides is 2. The Morgan fingerprint density at radius 2 is 1.88 bits per heavy atom. The second kappa shape index (κ2) is 6.23. The van der Waals surface area contributed by atoms with E-state index in [1.807, 2.05) is 6.92 Å². The van der Waals surface area contributed by atoms with Crippen molar-refractivity contribution in [3.8, 4) is 0 Å². The molecule has 0 aliphatic heterocycles. The first kappa shape index (κ1) is 14.3. The molecule has 2 amide bonds.